The van der Waals surface area contributed by atoms with E-state index in [0.29, 0.717) is 0 Å². The van der Waals surface area contributed by atoms with E-state index in [1.54, 1.807) is 0 Å². The van der Waals surface area contributed by atoms with Gasteiger partial charge in [0.15, 0.2) is 0 Å². The molecule has 0 unspecified atom stereocenters. The van der Waals surface area contributed by atoms with Crippen molar-refractivity contribution in [2.24, 2.45) is 0 Å². The van der Waals surface area contributed by atoms with Crippen LogP contribution in [-0.2, 0) is 0 Å². The van der Waals surface area contributed by atoms with E-state index < -0.39 is 14.6 Å². The van der Waals surface area contributed by atoms with Gasteiger partial charge in [-0.2, -0.15) is 0 Å². The second-order valence-electron chi connectivity index (χ2n) is 5.63. The standard InChI is InChI=1S/C21H20P.BH3O3/c1-2-18-22(19-12-6-3-7-13-19,20-14-8-4-9-15-20)21-16-10-5-11-17-21;2-1(3)4/h2-17H,1,18H2;2-4H/q+1;. The van der Waals surface area contributed by atoms with Crippen LogP contribution in [0.3, 0.4) is 0 Å². The third-order valence-electron chi connectivity index (χ3n) is 3.99. The third kappa shape index (κ3) is 4.90. The Kier molecular flexibility index (Phi) is 7.77. The molecule has 5 heteroatoms. The molecule has 0 fully saturated rings. The van der Waals surface area contributed by atoms with Crippen molar-refractivity contribution >= 4 is 30.5 Å². The zero-order valence-corrected chi connectivity index (χ0v) is 15.4. The molecule has 0 aliphatic rings. The van der Waals surface area contributed by atoms with Gasteiger partial charge in [-0.3, -0.25) is 0 Å². The molecule has 0 aliphatic carbocycles. The predicted octanol–water partition coefficient (Wildman–Crippen LogP) is 2.11. The normalized spacial score (nSPS) is 10.4. The monoisotopic (exact) mass is 365 g/mol. The first-order valence-electron chi connectivity index (χ1n) is 8.31. The average molecular weight is 365 g/mol. The quantitative estimate of drug-likeness (QED) is 0.369. The van der Waals surface area contributed by atoms with Crippen molar-refractivity contribution < 1.29 is 15.1 Å². The number of allylic oxidation sites excluding steroid dienone is 1. The minimum absolute atomic E-state index is 0.977. The Morgan fingerprint density at radius 1 is 0.654 bits per heavy atom. The highest BCUT2D eigenvalue weighted by Crippen LogP contribution is 2.55. The lowest BCUT2D eigenvalue weighted by Gasteiger charge is -2.26. The van der Waals surface area contributed by atoms with Crippen LogP contribution >= 0.6 is 7.26 Å². The van der Waals surface area contributed by atoms with E-state index in [1.165, 1.54) is 15.9 Å². The van der Waals surface area contributed by atoms with Crippen LogP contribution in [0.15, 0.2) is 104 Å². The van der Waals surface area contributed by atoms with Crippen LogP contribution in [-0.4, -0.2) is 28.6 Å². The fourth-order valence-corrected chi connectivity index (χ4v) is 6.96. The van der Waals surface area contributed by atoms with E-state index in [4.69, 9.17) is 15.1 Å². The van der Waals surface area contributed by atoms with Crippen molar-refractivity contribution in [2.45, 2.75) is 0 Å². The molecular formula is C21H23BO3P+. The first-order chi connectivity index (χ1) is 12.6. The Balaban J connectivity index is 0.000000552. The van der Waals surface area contributed by atoms with Crippen LogP contribution in [0.2, 0.25) is 0 Å². The Morgan fingerprint density at radius 3 is 1.15 bits per heavy atom. The van der Waals surface area contributed by atoms with E-state index in [9.17, 15) is 0 Å². The van der Waals surface area contributed by atoms with E-state index in [0.717, 1.165) is 6.16 Å². The van der Waals surface area contributed by atoms with Gasteiger partial charge in [-0.1, -0.05) is 67.3 Å². The highest BCUT2D eigenvalue weighted by atomic mass is 31.2. The first-order valence-corrected chi connectivity index (χ1v) is 10.3. The Morgan fingerprint density at radius 2 is 0.923 bits per heavy atom. The number of hydrogen-bond acceptors (Lipinski definition) is 3. The fraction of sp³-hybridized carbons (Fsp3) is 0.0476. The van der Waals surface area contributed by atoms with Crippen LogP contribution in [0.4, 0.5) is 0 Å². The molecule has 3 nitrogen and oxygen atoms in total. The van der Waals surface area contributed by atoms with E-state index in [2.05, 4.69) is 104 Å². The van der Waals surface area contributed by atoms with Crippen molar-refractivity contribution in [3.05, 3.63) is 104 Å². The van der Waals surface area contributed by atoms with E-state index in [-0.39, 0.29) is 0 Å². The first kappa shape index (κ1) is 20.1. The topological polar surface area (TPSA) is 60.7 Å². The van der Waals surface area contributed by atoms with Crippen molar-refractivity contribution in [3.8, 4) is 0 Å². The second-order valence-corrected chi connectivity index (χ2v) is 9.17. The van der Waals surface area contributed by atoms with Crippen molar-refractivity contribution in [3.63, 3.8) is 0 Å². The molecule has 0 aliphatic heterocycles. The van der Waals surface area contributed by atoms with Crippen LogP contribution in [0.5, 0.6) is 0 Å². The maximum absolute atomic E-state index is 7.17. The summed E-state index contributed by atoms with van der Waals surface area (Å²) in [7, 11) is -3.84. The van der Waals surface area contributed by atoms with Crippen LogP contribution in [0.1, 0.15) is 0 Å². The molecule has 3 rings (SSSR count). The SMILES string of the molecule is C=CC[P+](c1ccccc1)(c1ccccc1)c1ccccc1.OB(O)O. The lowest BCUT2D eigenvalue weighted by molar-refractivity contribution is 0.278. The molecule has 3 N–H and O–H groups in total. The Labute approximate surface area is 155 Å². The summed E-state index contributed by atoms with van der Waals surface area (Å²) >= 11 is 0. The Bertz CT molecular complexity index is 681. The third-order valence-corrected chi connectivity index (χ3v) is 8.34. The summed E-state index contributed by atoms with van der Waals surface area (Å²) < 4.78 is 0. The maximum atomic E-state index is 7.17. The van der Waals surface area contributed by atoms with Gasteiger partial charge >= 0.3 is 7.32 Å². The lowest BCUT2D eigenvalue weighted by Crippen LogP contribution is -2.32. The second kappa shape index (κ2) is 10.1. The summed E-state index contributed by atoms with van der Waals surface area (Å²) in [6, 6.07) is 32.7. The summed E-state index contributed by atoms with van der Waals surface area (Å²) in [4.78, 5) is 0. The Hall–Kier alpha value is -2.23. The van der Waals surface area contributed by atoms with Crippen molar-refractivity contribution in [1.29, 1.82) is 0 Å². The number of benzene rings is 3. The summed E-state index contributed by atoms with van der Waals surface area (Å²) in [6.45, 7) is 4.05. The molecule has 0 bridgehead atoms. The minimum Gasteiger partial charge on any atom is -0.402 e. The fourth-order valence-electron chi connectivity index (χ4n) is 3.00. The lowest BCUT2D eigenvalue weighted by atomic mass is 10.3. The molecule has 0 atom stereocenters. The predicted molar refractivity (Wildman–Crippen MR) is 113 cm³/mol. The molecule has 0 saturated heterocycles. The summed E-state index contributed by atoms with van der Waals surface area (Å²) in [5.41, 5.74) is 0. The van der Waals surface area contributed by atoms with Gasteiger partial charge in [-0.05, 0) is 36.4 Å². The van der Waals surface area contributed by atoms with Gasteiger partial charge in [0.2, 0.25) is 0 Å². The molecule has 0 saturated carbocycles. The summed E-state index contributed by atoms with van der Waals surface area (Å²) in [5, 5.41) is 25.7. The van der Waals surface area contributed by atoms with Gasteiger partial charge < -0.3 is 15.1 Å². The van der Waals surface area contributed by atoms with Gasteiger partial charge in [-0.15, -0.1) is 0 Å². The molecule has 0 heterocycles. The summed E-state index contributed by atoms with van der Waals surface area (Å²) in [6.07, 6.45) is 3.05. The molecule has 0 aromatic heterocycles. The largest absolute Gasteiger partial charge is 0.631 e. The highest BCUT2D eigenvalue weighted by molar-refractivity contribution is 7.95. The van der Waals surface area contributed by atoms with Gasteiger partial charge in [0.1, 0.15) is 23.2 Å². The highest BCUT2D eigenvalue weighted by Gasteiger charge is 2.43. The molecule has 0 spiro atoms. The van der Waals surface area contributed by atoms with Crippen LogP contribution in [0, 0.1) is 0 Å². The summed E-state index contributed by atoms with van der Waals surface area (Å²) in [5.74, 6) is 0. The molecular weight excluding hydrogens is 342 g/mol. The van der Waals surface area contributed by atoms with Gasteiger partial charge in [0.05, 0.1) is 6.16 Å². The van der Waals surface area contributed by atoms with Crippen molar-refractivity contribution in [2.75, 3.05) is 6.16 Å². The number of hydrogen-bond donors (Lipinski definition) is 3. The molecule has 0 amide bonds. The van der Waals surface area contributed by atoms with Gasteiger partial charge in [0.25, 0.3) is 0 Å². The molecule has 26 heavy (non-hydrogen) atoms. The van der Waals surface area contributed by atoms with Crippen molar-refractivity contribution in [1.82, 2.24) is 0 Å². The maximum Gasteiger partial charge on any atom is 0.631 e. The molecule has 0 radical (unpaired) electrons. The molecule has 3 aromatic rings. The smallest absolute Gasteiger partial charge is 0.402 e. The van der Waals surface area contributed by atoms with E-state index in [1.807, 2.05) is 0 Å². The molecule has 3 aromatic carbocycles. The van der Waals surface area contributed by atoms with Crippen LogP contribution < -0.4 is 15.9 Å². The number of rotatable bonds is 5. The van der Waals surface area contributed by atoms with Crippen LogP contribution in [0.25, 0.3) is 0 Å². The van der Waals surface area contributed by atoms with Gasteiger partial charge in [0, 0.05) is 0 Å². The minimum atomic E-state index is -2.17. The zero-order valence-electron chi connectivity index (χ0n) is 14.5. The van der Waals surface area contributed by atoms with E-state index >= 15 is 0 Å². The zero-order chi connectivity index (χ0) is 18.8. The van der Waals surface area contributed by atoms with Gasteiger partial charge in [-0.25, -0.2) is 0 Å². The average Bonchev–Trinajstić information content (AvgIpc) is 2.68. The molecule has 132 valence electrons.